The minimum absolute atomic E-state index is 0.00212. The van der Waals surface area contributed by atoms with Gasteiger partial charge in [0.2, 0.25) is 5.91 Å². The van der Waals surface area contributed by atoms with Crippen molar-refractivity contribution in [3.8, 4) is 5.75 Å². The lowest BCUT2D eigenvalue weighted by atomic mass is 9.96. The molecule has 1 saturated heterocycles. The number of nitrogens with zero attached hydrogens (tertiary/aromatic N) is 1. The molecule has 1 heterocycles. The molecule has 6 heteroatoms. The van der Waals surface area contributed by atoms with Crippen molar-refractivity contribution < 1.29 is 14.3 Å². The van der Waals surface area contributed by atoms with Gasteiger partial charge in [-0.25, -0.2) is 0 Å². The van der Waals surface area contributed by atoms with Gasteiger partial charge in [-0.05, 0) is 75.5 Å². The molecule has 0 radical (unpaired) electrons. The summed E-state index contributed by atoms with van der Waals surface area (Å²) in [5, 5.41) is 5.69. The number of methoxy groups -OCH3 is 1. The molecule has 31 heavy (non-hydrogen) atoms. The SMILES string of the molecule is COc1ccc(CN2CCC(CNC(=O)CNC(=O)c3cc(C)cc(C)c3)CC2)cc1. The summed E-state index contributed by atoms with van der Waals surface area (Å²) >= 11 is 0. The molecular weight excluding hydrogens is 390 g/mol. The fraction of sp³-hybridized carbons (Fsp3) is 0.440. The molecule has 1 fully saturated rings. The van der Waals surface area contributed by atoms with E-state index in [2.05, 4.69) is 27.7 Å². The summed E-state index contributed by atoms with van der Waals surface area (Å²) in [6.07, 6.45) is 2.12. The molecule has 6 nitrogen and oxygen atoms in total. The number of carbonyl (C=O) groups excluding carboxylic acids is 2. The first-order chi connectivity index (χ1) is 14.9. The van der Waals surface area contributed by atoms with E-state index in [4.69, 9.17) is 4.74 Å². The van der Waals surface area contributed by atoms with E-state index in [1.807, 2.05) is 44.2 Å². The van der Waals surface area contributed by atoms with Crippen molar-refractivity contribution >= 4 is 11.8 Å². The number of amides is 2. The van der Waals surface area contributed by atoms with Gasteiger partial charge in [-0.3, -0.25) is 14.5 Å². The molecule has 0 aromatic heterocycles. The van der Waals surface area contributed by atoms with Crippen LogP contribution in [-0.4, -0.2) is 50.0 Å². The van der Waals surface area contributed by atoms with Crippen molar-refractivity contribution in [3.05, 3.63) is 64.7 Å². The number of carbonyl (C=O) groups is 2. The average Bonchev–Trinajstić information content (AvgIpc) is 2.77. The molecule has 0 aliphatic carbocycles. The first kappa shape index (κ1) is 22.8. The molecule has 1 aliphatic heterocycles. The second kappa shape index (κ2) is 11.0. The van der Waals surface area contributed by atoms with Crippen molar-refractivity contribution in [1.82, 2.24) is 15.5 Å². The van der Waals surface area contributed by atoms with E-state index < -0.39 is 0 Å². The summed E-state index contributed by atoms with van der Waals surface area (Å²) in [7, 11) is 1.68. The summed E-state index contributed by atoms with van der Waals surface area (Å²) in [6, 6.07) is 13.9. The van der Waals surface area contributed by atoms with Gasteiger partial charge in [-0.1, -0.05) is 29.3 Å². The highest BCUT2D eigenvalue weighted by atomic mass is 16.5. The van der Waals surface area contributed by atoms with E-state index >= 15 is 0 Å². The Morgan fingerprint density at radius 2 is 1.65 bits per heavy atom. The standard InChI is InChI=1S/C25H33N3O3/c1-18-12-19(2)14-22(13-18)25(30)27-16-24(29)26-15-20-8-10-28(11-9-20)17-21-4-6-23(31-3)7-5-21/h4-7,12-14,20H,8-11,15-17H2,1-3H3,(H,26,29)(H,27,30). The minimum atomic E-state index is -0.214. The normalized spacial score (nSPS) is 14.8. The van der Waals surface area contributed by atoms with Crippen molar-refractivity contribution in [3.63, 3.8) is 0 Å². The number of benzene rings is 2. The van der Waals surface area contributed by atoms with E-state index in [1.165, 1.54) is 5.56 Å². The summed E-state index contributed by atoms with van der Waals surface area (Å²) in [6.45, 7) is 7.56. The second-order valence-corrected chi connectivity index (χ2v) is 8.43. The lowest BCUT2D eigenvalue weighted by Gasteiger charge is -2.32. The van der Waals surface area contributed by atoms with E-state index in [0.717, 1.165) is 49.4 Å². The maximum absolute atomic E-state index is 12.3. The van der Waals surface area contributed by atoms with Crippen LogP contribution < -0.4 is 15.4 Å². The van der Waals surface area contributed by atoms with Gasteiger partial charge in [-0.2, -0.15) is 0 Å². The maximum Gasteiger partial charge on any atom is 0.251 e. The van der Waals surface area contributed by atoms with Crippen LogP contribution in [-0.2, 0) is 11.3 Å². The van der Waals surface area contributed by atoms with Gasteiger partial charge in [0.05, 0.1) is 13.7 Å². The monoisotopic (exact) mass is 423 g/mol. The Morgan fingerprint density at radius 1 is 1.00 bits per heavy atom. The van der Waals surface area contributed by atoms with Crippen LogP contribution in [0.4, 0.5) is 0 Å². The quantitative estimate of drug-likeness (QED) is 0.685. The Morgan fingerprint density at radius 3 is 2.26 bits per heavy atom. The molecule has 2 aromatic rings. The first-order valence-corrected chi connectivity index (χ1v) is 10.9. The Bertz CT molecular complexity index is 867. The molecule has 166 valence electrons. The molecule has 2 aromatic carbocycles. The van der Waals surface area contributed by atoms with E-state index in [9.17, 15) is 9.59 Å². The predicted molar refractivity (Wildman–Crippen MR) is 122 cm³/mol. The Kier molecular flexibility index (Phi) is 8.06. The third kappa shape index (κ3) is 7.10. The van der Waals surface area contributed by atoms with Gasteiger partial charge in [-0.15, -0.1) is 0 Å². The van der Waals surface area contributed by atoms with Crippen LogP contribution >= 0.6 is 0 Å². The van der Waals surface area contributed by atoms with Crippen LogP contribution in [0.1, 0.15) is 39.9 Å². The van der Waals surface area contributed by atoms with E-state index in [1.54, 1.807) is 7.11 Å². The number of piperidine rings is 1. The molecule has 0 atom stereocenters. The lowest BCUT2D eigenvalue weighted by Crippen LogP contribution is -2.41. The molecule has 0 spiro atoms. The zero-order valence-corrected chi connectivity index (χ0v) is 18.7. The second-order valence-electron chi connectivity index (χ2n) is 8.43. The smallest absolute Gasteiger partial charge is 0.251 e. The van der Waals surface area contributed by atoms with Crippen molar-refractivity contribution in [2.45, 2.75) is 33.2 Å². The average molecular weight is 424 g/mol. The van der Waals surface area contributed by atoms with Gasteiger partial charge in [0.15, 0.2) is 0 Å². The molecular formula is C25H33N3O3. The highest BCUT2D eigenvalue weighted by Gasteiger charge is 2.20. The molecule has 2 N–H and O–H groups in total. The number of ether oxygens (including phenoxy) is 1. The van der Waals surface area contributed by atoms with Gasteiger partial charge < -0.3 is 15.4 Å². The zero-order chi connectivity index (χ0) is 22.2. The third-order valence-electron chi connectivity index (χ3n) is 5.75. The number of hydrogen-bond acceptors (Lipinski definition) is 4. The largest absolute Gasteiger partial charge is 0.497 e. The van der Waals surface area contributed by atoms with Crippen LogP contribution in [0.5, 0.6) is 5.75 Å². The van der Waals surface area contributed by atoms with E-state index in [0.29, 0.717) is 18.0 Å². The Hall–Kier alpha value is -2.86. The van der Waals surface area contributed by atoms with Gasteiger partial charge >= 0.3 is 0 Å². The van der Waals surface area contributed by atoms with Crippen LogP contribution in [0, 0.1) is 19.8 Å². The predicted octanol–water partition coefficient (Wildman–Crippen LogP) is 3.07. The number of rotatable bonds is 8. The zero-order valence-electron chi connectivity index (χ0n) is 18.7. The summed E-state index contributed by atoms with van der Waals surface area (Å²) in [5.41, 5.74) is 3.95. The van der Waals surface area contributed by atoms with Crippen molar-refractivity contribution in [1.29, 1.82) is 0 Å². The Balaban J connectivity index is 1.34. The van der Waals surface area contributed by atoms with Gasteiger partial charge in [0, 0.05) is 18.7 Å². The fourth-order valence-electron chi connectivity index (χ4n) is 4.03. The van der Waals surface area contributed by atoms with E-state index in [-0.39, 0.29) is 18.4 Å². The topological polar surface area (TPSA) is 70.7 Å². The van der Waals surface area contributed by atoms with Crippen LogP contribution in [0.2, 0.25) is 0 Å². The van der Waals surface area contributed by atoms with Gasteiger partial charge in [0.1, 0.15) is 5.75 Å². The summed E-state index contributed by atoms with van der Waals surface area (Å²) in [4.78, 5) is 26.9. The van der Waals surface area contributed by atoms with Crippen LogP contribution in [0.25, 0.3) is 0 Å². The lowest BCUT2D eigenvalue weighted by molar-refractivity contribution is -0.120. The van der Waals surface area contributed by atoms with Gasteiger partial charge in [0.25, 0.3) is 5.91 Å². The van der Waals surface area contributed by atoms with Crippen molar-refractivity contribution in [2.75, 3.05) is 33.3 Å². The van der Waals surface area contributed by atoms with Crippen LogP contribution in [0.3, 0.4) is 0 Å². The molecule has 1 aliphatic rings. The number of nitrogens with one attached hydrogen (secondary N) is 2. The van der Waals surface area contributed by atoms with Crippen molar-refractivity contribution in [2.24, 2.45) is 5.92 Å². The minimum Gasteiger partial charge on any atom is -0.497 e. The number of aryl methyl sites for hydroxylation is 2. The summed E-state index contributed by atoms with van der Waals surface area (Å²) < 4.78 is 5.21. The highest BCUT2D eigenvalue weighted by molar-refractivity contribution is 5.96. The summed E-state index contributed by atoms with van der Waals surface area (Å²) in [5.74, 6) is 1.00. The highest BCUT2D eigenvalue weighted by Crippen LogP contribution is 2.19. The number of hydrogen-bond donors (Lipinski definition) is 2. The first-order valence-electron chi connectivity index (χ1n) is 10.9. The fourth-order valence-corrected chi connectivity index (χ4v) is 4.03. The Labute approximate surface area is 185 Å². The van der Waals surface area contributed by atoms with Crippen LogP contribution in [0.15, 0.2) is 42.5 Å². The molecule has 0 bridgehead atoms. The third-order valence-corrected chi connectivity index (χ3v) is 5.75. The molecule has 3 rings (SSSR count). The molecule has 0 unspecified atom stereocenters. The molecule has 0 saturated carbocycles. The maximum atomic E-state index is 12.3. The molecule has 2 amide bonds. The number of likely N-dealkylation sites (tertiary alicyclic amines) is 1.